The number of phenolic OH excluding ortho intramolecular Hbond substituents is 1. The molecular weight excluding hydrogens is 368 g/mol. The Labute approximate surface area is 161 Å². The topological polar surface area (TPSA) is 86.7 Å². The fraction of sp³-hybridized carbons (Fsp3) is 0.450. The lowest BCUT2D eigenvalue weighted by Crippen LogP contribution is -2.40. The molecule has 2 bridgehead atoms. The van der Waals surface area contributed by atoms with Gasteiger partial charge in [0.1, 0.15) is 5.75 Å². The molecule has 140 valence electrons. The molecule has 2 N–H and O–H groups in total. The molecule has 6 atom stereocenters. The first-order valence-corrected chi connectivity index (χ1v) is 9.65. The van der Waals surface area contributed by atoms with Crippen molar-refractivity contribution in [3.05, 3.63) is 35.4 Å². The van der Waals surface area contributed by atoms with Crippen LogP contribution in [0.2, 0.25) is 5.02 Å². The van der Waals surface area contributed by atoms with Gasteiger partial charge in [-0.25, -0.2) is 0 Å². The summed E-state index contributed by atoms with van der Waals surface area (Å²) in [7, 11) is 0. The van der Waals surface area contributed by atoms with Gasteiger partial charge in [0.15, 0.2) is 0 Å². The summed E-state index contributed by atoms with van der Waals surface area (Å²) in [5.74, 6) is 0.276. The first-order valence-electron chi connectivity index (χ1n) is 9.27. The second-order valence-electron chi connectivity index (χ2n) is 7.94. The molecule has 5 aliphatic rings. The van der Waals surface area contributed by atoms with E-state index in [2.05, 4.69) is 17.5 Å². The van der Waals surface area contributed by atoms with E-state index in [-0.39, 0.29) is 65.8 Å². The van der Waals surface area contributed by atoms with Crippen molar-refractivity contribution in [1.82, 2.24) is 4.90 Å². The number of likely N-dealkylation sites (tertiary alicyclic amines) is 1. The van der Waals surface area contributed by atoms with Crippen molar-refractivity contribution in [3.63, 3.8) is 0 Å². The summed E-state index contributed by atoms with van der Waals surface area (Å²) in [5, 5.41) is 12.8. The van der Waals surface area contributed by atoms with E-state index < -0.39 is 0 Å². The van der Waals surface area contributed by atoms with E-state index >= 15 is 0 Å². The summed E-state index contributed by atoms with van der Waals surface area (Å²) >= 11 is 5.78. The molecule has 27 heavy (non-hydrogen) atoms. The van der Waals surface area contributed by atoms with Crippen molar-refractivity contribution in [2.24, 2.45) is 35.5 Å². The maximum Gasteiger partial charge on any atom is 0.233 e. The molecule has 3 amide bonds. The minimum Gasteiger partial charge on any atom is -0.506 e. The number of hydrogen-bond donors (Lipinski definition) is 2. The quantitative estimate of drug-likeness (QED) is 0.472. The van der Waals surface area contributed by atoms with E-state index in [4.69, 9.17) is 11.6 Å². The van der Waals surface area contributed by atoms with Crippen molar-refractivity contribution in [3.8, 4) is 5.75 Å². The minimum absolute atomic E-state index is 0.00535. The normalized spacial score (nSPS) is 35.2. The molecule has 7 heteroatoms. The van der Waals surface area contributed by atoms with E-state index in [1.54, 1.807) is 6.07 Å². The molecule has 1 aromatic carbocycles. The summed E-state index contributed by atoms with van der Waals surface area (Å²) in [6.07, 6.45) is 5.38. The number of benzene rings is 1. The minimum atomic E-state index is -0.368. The van der Waals surface area contributed by atoms with Gasteiger partial charge in [0.2, 0.25) is 17.7 Å². The number of phenols is 1. The molecule has 0 spiro atoms. The van der Waals surface area contributed by atoms with Crippen LogP contribution in [0.25, 0.3) is 0 Å². The second-order valence-corrected chi connectivity index (χ2v) is 8.38. The standard InChI is InChI=1S/C20H19ClN2O4/c21-9-1-4-14(15(24)7-9)22-16(25)5-6-23-19(26)17-10-2-3-11(13-8-12(10)13)18(17)20(23)27/h1-4,7,10-13,17-18,24H,5-6,8H2,(H,22,25)/t10-,11-,12-,13-,17+,18+/m0/s1. The number of carbonyl (C=O) groups is 3. The highest BCUT2D eigenvalue weighted by molar-refractivity contribution is 6.30. The number of nitrogens with one attached hydrogen (secondary N) is 1. The van der Waals surface area contributed by atoms with Crippen LogP contribution in [0.5, 0.6) is 5.75 Å². The van der Waals surface area contributed by atoms with Gasteiger partial charge >= 0.3 is 0 Å². The van der Waals surface area contributed by atoms with Crippen molar-refractivity contribution < 1.29 is 19.5 Å². The van der Waals surface area contributed by atoms with E-state index in [9.17, 15) is 19.5 Å². The Bertz CT molecular complexity index is 862. The Morgan fingerprint density at radius 2 is 1.78 bits per heavy atom. The van der Waals surface area contributed by atoms with Crippen molar-refractivity contribution in [1.29, 1.82) is 0 Å². The van der Waals surface area contributed by atoms with Gasteiger partial charge < -0.3 is 10.4 Å². The van der Waals surface area contributed by atoms with Crippen molar-refractivity contribution in [2.45, 2.75) is 12.8 Å². The SMILES string of the molecule is O=C(CCN1C(=O)[C@@H]2[C@H]3C=C[C@@H]([C@@H]4C[C@@H]34)[C@H]2C1=O)Nc1ccc(Cl)cc1O. The number of amides is 3. The molecule has 1 saturated heterocycles. The van der Waals surface area contributed by atoms with Gasteiger partial charge in [-0.05, 0) is 42.2 Å². The van der Waals surface area contributed by atoms with Crippen LogP contribution in [0.4, 0.5) is 5.69 Å². The number of allylic oxidation sites excluding steroid dienone is 2. The van der Waals surface area contributed by atoms with Crippen molar-refractivity contribution >= 4 is 35.0 Å². The third-order valence-corrected chi connectivity index (χ3v) is 6.79. The van der Waals surface area contributed by atoms with E-state index in [1.165, 1.54) is 17.0 Å². The van der Waals surface area contributed by atoms with Gasteiger partial charge in [0.25, 0.3) is 0 Å². The third kappa shape index (κ3) is 2.50. The smallest absolute Gasteiger partial charge is 0.233 e. The molecule has 1 aromatic rings. The summed E-state index contributed by atoms with van der Waals surface area (Å²) in [6.45, 7) is 0.0691. The Morgan fingerprint density at radius 3 is 2.37 bits per heavy atom. The number of imide groups is 1. The molecule has 0 radical (unpaired) electrons. The van der Waals surface area contributed by atoms with Gasteiger partial charge in [-0.3, -0.25) is 19.3 Å². The van der Waals surface area contributed by atoms with Gasteiger partial charge in [-0.15, -0.1) is 0 Å². The number of rotatable bonds is 4. The van der Waals surface area contributed by atoms with Crippen molar-refractivity contribution in [2.75, 3.05) is 11.9 Å². The van der Waals surface area contributed by atoms with Gasteiger partial charge in [0.05, 0.1) is 17.5 Å². The monoisotopic (exact) mass is 386 g/mol. The van der Waals surface area contributed by atoms with E-state index in [1.807, 2.05) is 0 Å². The maximum atomic E-state index is 12.9. The molecule has 2 saturated carbocycles. The average Bonchev–Trinajstić information content (AvgIpc) is 3.41. The number of aromatic hydroxyl groups is 1. The predicted molar refractivity (Wildman–Crippen MR) is 97.8 cm³/mol. The van der Waals surface area contributed by atoms with Crippen LogP contribution < -0.4 is 5.32 Å². The highest BCUT2D eigenvalue weighted by Gasteiger charge is 2.66. The number of nitrogens with zero attached hydrogens (tertiary/aromatic N) is 1. The van der Waals surface area contributed by atoms with Gasteiger partial charge in [-0.2, -0.15) is 0 Å². The van der Waals surface area contributed by atoms with Gasteiger partial charge in [0, 0.05) is 24.1 Å². The van der Waals surface area contributed by atoms with Crippen LogP contribution in [-0.2, 0) is 14.4 Å². The van der Waals surface area contributed by atoms with E-state index in [0.29, 0.717) is 16.9 Å². The lowest BCUT2D eigenvalue weighted by molar-refractivity contribution is -0.140. The molecule has 3 fully saturated rings. The Kier molecular flexibility index (Phi) is 3.63. The lowest BCUT2D eigenvalue weighted by atomic mass is 9.63. The molecule has 0 aromatic heterocycles. The van der Waals surface area contributed by atoms with Crippen LogP contribution in [-0.4, -0.2) is 34.3 Å². The first kappa shape index (κ1) is 16.8. The third-order valence-electron chi connectivity index (χ3n) is 6.55. The zero-order valence-corrected chi connectivity index (χ0v) is 15.2. The number of halogens is 1. The summed E-state index contributed by atoms with van der Waals surface area (Å²) < 4.78 is 0. The summed E-state index contributed by atoms with van der Waals surface area (Å²) in [4.78, 5) is 39.2. The summed E-state index contributed by atoms with van der Waals surface area (Å²) in [5.41, 5.74) is 0.250. The van der Waals surface area contributed by atoms with Gasteiger partial charge in [-0.1, -0.05) is 23.8 Å². The fourth-order valence-corrected chi connectivity index (χ4v) is 5.44. The first-order chi connectivity index (χ1) is 13.0. The van der Waals surface area contributed by atoms with Crippen LogP contribution in [0.3, 0.4) is 0 Å². The molecule has 0 unspecified atom stereocenters. The number of carbonyl (C=O) groups excluding carboxylic acids is 3. The summed E-state index contributed by atoms with van der Waals surface area (Å²) in [6, 6.07) is 4.40. The molecule has 1 aliphatic heterocycles. The zero-order valence-electron chi connectivity index (χ0n) is 14.5. The fourth-order valence-electron chi connectivity index (χ4n) is 5.28. The molecule has 6 nitrogen and oxygen atoms in total. The van der Waals surface area contributed by atoms with Crippen LogP contribution >= 0.6 is 11.6 Å². The van der Waals surface area contributed by atoms with Crippen LogP contribution in [0, 0.1) is 35.5 Å². The Hall–Kier alpha value is -2.34. The average molecular weight is 387 g/mol. The number of anilines is 1. The predicted octanol–water partition coefficient (Wildman–Crippen LogP) is 2.43. The second kappa shape index (κ2) is 5.83. The molecule has 4 aliphatic carbocycles. The maximum absolute atomic E-state index is 12.9. The number of hydrogen-bond acceptors (Lipinski definition) is 4. The Balaban J connectivity index is 1.25. The van der Waals surface area contributed by atoms with Crippen LogP contribution in [0.1, 0.15) is 12.8 Å². The van der Waals surface area contributed by atoms with E-state index in [0.717, 1.165) is 6.42 Å². The zero-order chi connectivity index (χ0) is 18.9. The molecule has 1 heterocycles. The highest BCUT2D eigenvalue weighted by atomic mass is 35.5. The van der Waals surface area contributed by atoms with Crippen LogP contribution in [0.15, 0.2) is 30.4 Å². The highest BCUT2D eigenvalue weighted by Crippen LogP contribution is 2.65. The molecular formula is C20H19ClN2O4. The Morgan fingerprint density at radius 1 is 1.15 bits per heavy atom. The largest absolute Gasteiger partial charge is 0.506 e. The molecule has 6 rings (SSSR count). The lowest BCUT2D eigenvalue weighted by Gasteiger charge is -2.37.